The first kappa shape index (κ1) is 16.8. The molecule has 0 saturated carbocycles. The van der Waals surface area contributed by atoms with Gasteiger partial charge in [0.25, 0.3) is 5.91 Å². The number of hydrogen-bond acceptors (Lipinski definition) is 5. The Morgan fingerprint density at radius 2 is 2.05 bits per heavy atom. The molecular weight excluding hydrogens is 272 g/mol. The van der Waals surface area contributed by atoms with E-state index in [9.17, 15) is 9.59 Å². The van der Waals surface area contributed by atoms with Crippen molar-refractivity contribution in [3.05, 3.63) is 23.8 Å². The summed E-state index contributed by atoms with van der Waals surface area (Å²) in [4.78, 5) is 23.2. The van der Waals surface area contributed by atoms with Crippen LogP contribution in [0.1, 0.15) is 31.1 Å². The van der Waals surface area contributed by atoms with Gasteiger partial charge in [-0.2, -0.15) is 0 Å². The molecule has 0 aliphatic carbocycles. The van der Waals surface area contributed by atoms with E-state index < -0.39 is 5.97 Å². The summed E-state index contributed by atoms with van der Waals surface area (Å²) in [5.74, 6) is -0.0253. The summed E-state index contributed by atoms with van der Waals surface area (Å²) in [6.45, 7) is 6.45. The molecule has 0 fully saturated rings. The maximum absolute atomic E-state index is 11.6. The number of anilines is 1. The van der Waals surface area contributed by atoms with Crippen molar-refractivity contribution in [1.29, 1.82) is 0 Å². The van der Waals surface area contributed by atoms with Crippen LogP contribution in [-0.2, 0) is 9.53 Å². The molecule has 21 heavy (non-hydrogen) atoms. The van der Waals surface area contributed by atoms with E-state index in [2.05, 4.69) is 5.32 Å². The van der Waals surface area contributed by atoms with Crippen molar-refractivity contribution < 1.29 is 19.1 Å². The number of amides is 1. The third-order valence-corrected chi connectivity index (χ3v) is 2.59. The second kappa shape index (κ2) is 8.14. The number of benzene rings is 1. The van der Waals surface area contributed by atoms with Crippen LogP contribution >= 0.6 is 0 Å². The third kappa shape index (κ3) is 5.72. The lowest BCUT2D eigenvalue weighted by Crippen LogP contribution is -2.31. The van der Waals surface area contributed by atoms with Gasteiger partial charge in [-0.3, -0.25) is 4.79 Å². The van der Waals surface area contributed by atoms with Crippen LogP contribution in [0, 0.1) is 5.92 Å². The molecule has 0 spiro atoms. The van der Waals surface area contributed by atoms with E-state index >= 15 is 0 Å². The molecule has 0 saturated heterocycles. The molecule has 0 atom stereocenters. The van der Waals surface area contributed by atoms with E-state index in [1.165, 1.54) is 6.07 Å². The van der Waals surface area contributed by atoms with Crippen LogP contribution in [0.2, 0.25) is 0 Å². The van der Waals surface area contributed by atoms with Crippen LogP contribution in [0.5, 0.6) is 5.75 Å². The summed E-state index contributed by atoms with van der Waals surface area (Å²) >= 11 is 0. The fraction of sp³-hybridized carbons (Fsp3) is 0.467. The topological polar surface area (TPSA) is 90.7 Å². The van der Waals surface area contributed by atoms with Crippen LogP contribution in [0.25, 0.3) is 0 Å². The Labute approximate surface area is 124 Å². The lowest BCUT2D eigenvalue weighted by molar-refractivity contribution is -0.123. The largest absolute Gasteiger partial charge is 0.482 e. The second-order valence-corrected chi connectivity index (χ2v) is 4.96. The molecule has 6 heteroatoms. The minimum Gasteiger partial charge on any atom is -0.482 e. The molecule has 0 aromatic heterocycles. The van der Waals surface area contributed by atoms with Gasteiger partial charge in [-0.15, -0.1) is 0 Å². The first-order valence-corrected chi connectivity index (χ1v) is 6.90. The van der Waals surface area contributed by atoms with Gasteiger partial charge in [0.15, 0.2) is 6.61 Å². The van der Waals surface area contributed by atoms with Crippen molar-refractivity contribution in [1.82, 2.24) is 5.32 Å². The number of rotatable bonds is 7. The summed E-state index contributed by atoms with van der Waals surface area (Å²) in [6, 6.07) is 4.58. The number of hydrogen-bond donors (Lipinski definition) is 2. The van der Waals surface area contributed by atoms with Crippen molar-refractivity contribution in [3.8, 4) is 5.75 Å². The van der Waals surface area contributed by atoms with Gasteiger partial charge in [0.05, 0.1) is 17.9 Å². The van der Waals surface area contributed by atoms with Crippen LogP contribution in [-0.4, -0.2) is 31.6 Å². The summed E-state index contributed by atoms with van der Waals surface area (Å²) in [5, 5.41) is 2.73. The molecule has 0 unspecified atom stereocenters. The zero-order chi connectivity index (χ0) is 15.8. The maximum atomic E-state index is 11.6. The molecule has 0 heterocycles. The van der Waals surface area contributed by atoms with Crippen molar-refractivity contribution in [2.75, 3.05) is 25.5 Å². The number of nitrogens with one attached hydrogen (secondary N) is 1. The highest BCUT2D eigenvalue weighted by molar-refractivity contribution is 5.90. The first-order valence-electron chi connectivity index (χ1n) is 6.90. The third-order valence-electron chi connectivity index (χ3n) is 2.59. The number of ether oxygens (including phenoxy) is 2. The monoisotopic (exact) mass is 294 g/mol. The lowest BCUT2D eigenvalue weighted by atomic mass is 10.2. The summed E-state index contributed by atoms with van der Waals surface area (Å²) in [6.07, 6.45) is 0. The van der Waals surface area contributed by atoms with Crippen molar-refractivity contribution >= 4 is 17.6 Å². The first-order chi connectivity index (χ1) is 9.93. The van der Waals surface area contributed by atoms with Gasteiger partial charge < -0.3 is 20.5 Å². The van der Waals surface area contributed by atoms with E-state index in [0.717, 1.165) is 0 Å². The van der Waals surface area contributed by atoms with Gasteiger partial charge in [0, 0.05) is 6.54 Å². The molecule has 0 bridgehead atoms. The molecule has 1 rings (SSSR count). The SMILES string of the molecule is CCOC(=O)c1ccc(N)c(OCC(=O)NCC(C)C)c1. The number of carbonyl (C=O) groups excluding carboxylic acids is 2. The molecule has 1 aromatic rings. The summed E-state index contributed by atoms with van der Waals surface area (Å²) < 4.78 is 10.3. The standard InChI is InChI=1S/C15H22N2O4/c1-4-20-15(19)11-5-6-12(16)13(7-11)21-9-14(18)17-8-10(2)3/h5-7,10H,4,8-9,16H2,1-3H3,(H,17,18). The fourth-order valence-electron chi connectivity index (χ4n) is 1.51. The van der Waals surface area contributed by atoms with Crippen molar-refractivity contribution in [2.45, 2.75) is 20.8 Å². The van der Waals surface area contributed by atoms with E-state index in [1.807, 2.05) is 13.8 Å². The molecule has 116 valence electrons. The van der Waals surface area contributed by atoms with Crippen LogP contribution < -0.4 is 15.8 Å². The van der Waals surface area contributed by atoms with Crippen molar-refractivity contribution in [2.24, 2.45) is 5.92 Å². The minimum absolute atomic E-state index is 0.150. The number of carbonyl (C=O) groups is 2. The van der Waals surface area contributed by atoms with Gasteiger partial charge in [-0.1, -0.05) is 13.8 Å². The number of nitrogens with two attached hydrogens (primary N) is 1. The fourth-order valence-corrected chi connectivity index (χ4v) is 1.51. The van der Waals surface area contributed by atoms with Gasteiger partial charge >= 0.3 is 5.97 Å². The molecular formula is C15H22N2O4. The predicted molar refractivity (Wildman–Crippen MR) is 80.2 cm³/mol. The quantitative estimate of drug-likeness (QED) is 0.589. The van der Waals surface area contributed by atoms with Crippen LogP contribution in [0.4, 0.5) is 5.69 Å². The van der Waals surface area contributed by atoms with E-state index in [1.54, 1.807) is 19.1 Å². The maximum Gasteiger partial charge on any atom is 0.338 e. The Hall–Kier alpha value is -2.24. The normalized spacial score (nSPS) is 10.3. The van der Waals surface area contributed by atoms with Crippen LogP contribution in [0.3, 0.4) is 0 Å². The van der Waals surface area contributed by atoms with E-state index in [-0.39, 0.29) is 19.1 Å². The van der Waals surface area contributed by atoms with Crippen molar-refractivity contribution in [3.63, 3.8) is 0 Å². The molecule has 0 aliphatic rings. The average molecular weight is 294 g/mol. The summed E-state index contributed by atoms with van der Waals surface area (Å²) in [7, 11) is 0. The van der Waals surface area contributed by atoms with Gasteiger partial charge in [0.2, 0.25) is 0 Å². The van der Waals surface area contributed by atoms with Gasteiger partial charge in [-0.25, -0.2) is 4.79 Å². The Morgan fingerprint density at radius 1 is 1.33 bits per heavy atom. The second-order valence-electron chi connectivity index (χ2n) is 4.96. The highest BCUT2D eigenvalue weighted by Gasteiger charge is 2.11. The zero-order valence-electron chi connectivity index (χ0n) is 12.6. The van der Waals surface area contributed by atoms with Gasteiger partial charge in [0.1, 0.15) is 5.75 Å². The van der Waals surface area contributed by atoms with E-state index in [0.29, 0.717) is 29.5 Å². The van der Waals surface area contributed by atoms with Gasteiger partial charge in [-0.05, 0) is 31.0 Å². The number of nitrogen functional groups attached to an aromatic ring is 1. The Bertz CT molecular complexity index is 500. The molecule has 1 amide bonds. The molecule has 0 radical (unpaired) electrons. The smallest absolute Gasteiger partial charge is 0.338 e. The predicted octanol–water partition coefficient (Wildman–Crippen LogP) is 1.60. The Morgan fingerprint density at radius 3 is 2.67 bits per heavy atom. The van der Waals surface area contributed by atoms with Crippen LogP contribution in [0.15, 0.2) is 18.2 Å². The summed E-state index contributed by atoms with van der Waals surface area (Å²) in [5.41, 5.74) is 6.46. The highest BCUT2D eigenvalue weighted by atomic mass is 16.5. The Kier molecular flexibility index (Phi) is 6.52. The average Bonchev–Trinajstić information content (AvgIpc) is 2.44. The zero-order valence-corrected chi connectivity index (χ0v) is 12.6. The minimum atomic E-state index is -0.452. The lowest BCUT2D eigenvalue weighted by Gasteiger charge is -2.11. The molecule has 1 aromatic carbocycles. The highest BCUT2D eigenvalue weighted by Crippen LogP contribution is 2.23. The Balaban J connectivity index is 2.63. The molecule has 6 nitrogen and oxygen atoms in total. The molecule has 3 N–H and O–H groups in total. The molecule has 0 aliphatic heterocycles. The number of esters is 1. The van der Waals surface area contributed by atoms with E-state index in [4.69, 9.17) is 15.2 Å².